The molecule has 2 amide bonds. The molecule has 1 fully saturated rings. The topological polar surface area (TPSA) is 95.5 Å². The molecule has 0 bridgehead atoms. The van der Waals surface area contributed by atoms with Gasteiger partial charge in [0.2, 0.25) is 5.91 Å². The first-order valence-corrected chi connectivity index (χ1v) is 7.93. The van der Waals surface area contributed by atoms with Gasteiger partial charge in [0, 0.05) is 23.7 Å². The Bertz CT molecular complexity index is 583. The van der Waals surface area contributed by atoms with Crippen molar-refractivity contribution >= 4 is 23.5 Å². The lowest BCUT2D eigenvalue weighted by molar-refractivity contribution is -0.143. The molecule has 0 heterocycles. The van der Waals surface area contributed by atoms with Gasteiger partial charge in [-0.15, -0.1) is 0 Å². The first-order valence-electron chi connectivity index (χ1n) is 7.93. The molecule has 1 saturated carbocycles. The highest BCUT2D eigenvalue weighted by Gasteiger charge is 2.30. The minimum Gasteiger partial charge on any atom is -0.481 e. The molecule has 23 heavy (non-hydrogen) atoms. The molecular weight excluding hydrogens is 296 g/mol. The number of carboxylic acid groups (broad SMARTS) is 1. The lowest BCUT2D eigenvalue weighted by Crippen LogP contribution is -2.31. The summed E-state index contributed by atoms with van der Waals surface area (Å²) in [6.45, 7) is 2.41. The number of amides is 2. The van der Waals surface area contributed by atoms with E-state index >= 15 is 0 Å². The predicted molar refractivity (Wildman–Crippen MR) is 86.2 cm³/mol. The van der Waals surface area contributed by atoms with Gasteiger partial charge in [0.15, 0.2) is 0 Å². The van der Waals surface area contributed by atoms with Gasteiger partial charge >= 0.3 is 5.97 Å². The fraction of sp³-hybridized carbons (Fsp3) is 0.471. The van der Waals surface area contributed by atoms with Crippen LogP contribution >= 0.6 is 0 Å². The molecule has 1 aromatic rings. The Hall–Kier alpha value is -2.37. The van der Waals surface area contributed by atoms with Gasteiger partial charge in [-0.3, -0.25) is 14.4 Å². The molecule has 2 rings (SSSR count). The van der Waals surface area contributed by atoms with E-state index in [1.807, 2.05) is 6.92 Å². The van der Waals surface area contributed by atoms with Crippen molar-refractivity contribution in [3.63, 3.8) is 0 Å². The van der Waals surface area contributed by atoms with Crippen molar-refractivity contribution in [3.8, 4) is 0 Å². The number of carbonyl (C=O) groups excluding carboxylic acids is 2. The van der Waals surface area contributed by atoms with Crippen molar-refractivity contribution in [2.24, 2.45) is 11.8 Å². The van der Waals surface area contributed by atoms with Crippen LogP contribution < -0.4 is 10.6 Å². The third-order valence-electron chi connectivity index (χ3n) is 4.15. The fourth-order valence-corrected chi connectivity index (χ4v) is 2.86. The summed E-state index contributed by atoms with van der Waals surface area (Å²) in [6, 6.07) is 6.67. The molecular formula is C17H22N2O4. The van der Waals surface area contributed by atoms with Crippen molar-refractivity contribution in [2.75, 3.05) is 11.9 Å². The summed E-state index contributed by atoms with van der Waals surface area (Å²) in [6.07, 6.45) is 2.50. The Morgan fingerprint density at radius 2 is 1.78 bits per heavy atom. The van der Waals surface area contributed by atoms with E-state index in [0.29, 0.717) is 37.1 Å². The highest BCUT2D eigenvalue weighted by Crippen LogP contribution is 2.30. The van der Waals surface area contributed by atoms with Crippen LogP contribution in [0.15, 0.2) is 24.3 Å². The molecule has 2 unspecified atom stereocenters. The lowest BCUT2D eigenvalue weighted by atomic mass is 9.81. The molecule has 1 aromatic carbocycles. The van der Waals surface area contributed by atoms with E-state index in [9.17, 15) is 14.4 Å². The van der Waals surface area contributed by atoms with Gasteiger partial charge in [0.25, 0.3) is 5.91 Å². The molecule has 0 radical (unpaired) electrons. The Labute approximate surface area is 135 Å². The maximum absolute atomic E-state index is 12.3. The number of aliphatic carboxylic acids is 1. The first-order chi connectivity index (χ1) is 11.0. The number of anilines is 1. The maximum atomic E-state index is 12.3. The smallest absolute Gasteiger partial charge is 0.306 e. The van der Waals surface area contributed by atoms with Crippen molar-refractivity contribution < 1.29 is 19.5 Å². The van der Waals surface area contributed by atoms with E-state index in [1.54, 1.807) is 24.3 Å². The number of nitrogens with one attached hydrogen (secondary N) is 2. The highest BCUT2D eigenvalue weighted by atomic mass is 16.4. The third-order valence-corrected chi connectivity index (χ3v) is 4.15. The van der Waals surface area contributed by atoms with Crippen LogP contribution in [0.4, 0.5) is 5.69 Å². The van der Waals surface area contributed by atoms with Crippen molar-refractivity contribution in [1.82, 2.24) is 5.32 Å². The zero-order valence-electron chi connectivity index (χ0n) is 13.2. The van der Waals surface area contributed by atoms with Crippen LogP contribution in [-0.4, -0.2) is 29.4 Å². The normalized spacial score (nSPS) is 20.6. The summed E-state index contributed by atoms with van der Waals surface area (Å²) < 4.78 is 0. The van der Waals surface area contributed by atoms with Gasteiger partial charge in [-0.2, -0.15) is 0 Å². The predicted octanol–water partition coefficient (Wildman–Crippen LogP) is 2.27. The lowest BCUT2D eigenvalue weighted by Gasteiger charge is -2.25. The molecule has 1 aliphatic carbocycles. The summed E-state index contributed by atoms with van der Waals surface area (Å²) in [5.41, 5.74) is 1.15. The van der Waals surface area contributed by atoms with Crippen molar-refractivity contribution in [3.05, 3.63) is 29.8 Å². The molecule has 1 aliphatic rings. The SMILES string of the molecule is CCNC(=O)c1ccc(NC(=O)C2CCCC(C(=O)O)C2)cc1. The van der Waals surface area contributed by atoms with E-state index in [2.05, 4.69) is 10.6 Å². The Morgan fingerprint density at radius 1 is 1.13 bits per heavy atom. The second kappa shape index (κ2) is 7.76. The Balaban J connectivity index is 1.94. The molecule has 6 heteroatoms. The Kier molecular flexibility index (Phi) is 5.73. The quantitative estimate of drug-likeness (QED) is 0.776. The van der Waals surface area contributed by atoms with Crippen LogP contribution in [0.2, 0.25) is 0 Å². The van der Waals surface area contributed by atoms with E-state index in [4.69, 9.17) is 5.11 Å². The fourth-order valence-electron chi connectivity index (χ4n) is 2.86. The zero-order valence-corrected chi connectivity index (χ0v) is 13.2. The van der Waals surface area contributed by atoms with Gasteiger partial charge in [-0.25, -0.2) is 0 Å². The molecule has 0 saturated heterocycles. The zero-order chi connectivity index (χ0) is 16.8. The van der Waals surface area contributed by atoms with Gasteiger partial charge in [0.1, 0.15) is 0 Å². The van der Waals surface area contributed by atoms with Gasteiger partial charge < -0.3 is 15.7 Å². The number of hydrogen-bond acceptors (Lipinski definition) is 3. The van der Waals surface area contributed by atoms with Crippen LogP contribution in [0.3, 0.4) is 0 Å². The summed E-state index contributed by atoms with van der Waals surface area (Å²) >= 11 is 0. The summed E-state index contributed by atoms with van der Waals surface area (Å²) in [5.74, 6) is -1.83. The minimum atomic E-state index is -0.825. The molecule has 0 aromatic heterocycles. The third kappa shape index (κ3) is 4.55. The number of benzene rings is 1. The van der Waals surface area contributed by atoms with Gasteiger partial charge in [-0.1, -0.05) is 6.42 Å². The number of hydrogen-bond donors (Lipinski definition) is 3. The van der Waals surface area contributed by atoms with Gasteiger partial charge in [0.05, 0.1) is 5.92 Å². The summed E-state index contributed by atoms with van der Waals surface area (Å²) in [5, 5.41) is 14.6. The monoisotopic (exact) mass is 318 g/mol. The maximum Gasteiger partial charge on any atom is 0.306 e. The van der Waals surface area contributed by atoms with E-state index in [0.717, 1.165) is 6.42 Å². The van der Waals surface area contributed by atoms with Crippen LogP contribution in [0.5, 0.6) is 0 Å². The molecule has 3 N–H and O–H groups in total. The number of rotatable bonds is 5. The van der Waals surface area contributed by atoms with Crippen LogP contribution in [-0.2, 0) is 9.59 Å². The number of carboxylic acids is 1. The van der Waals surface area contributed by atoms with Crippen molar-refractivity contribution in [1.29, 1.82) is 0 Å². The minimum absolute atomic E-state index is 0.151. The highest BCUT2D eigenvalue weighted by molar-refractivity contribution is 5.96. The summed E-state index contributed by atoms with van der Waals surface area (Å²) in [7, 11) is 0. The van der Waals surface area contributed by atoms with E-state index in [-0.39, 0.29) is 17.7 Å². The molecule has 0 aliphatic heterocycles. The van der Waals surface area contributed by atoms with Crippen LogP contribution in [0.25, 0.3) is 0 Å². The second-order valence-electron chi connectivity index (χ2n) is 5.82. The Morgan fingerprint density at radius 3 is 2.39 bits per heavy atom. The second-order valence-corrected chi connectivity index (χ2v) is 5.82. The molecule has 2 atom stereocenters. The molecule has 6 nitrogen and oxygen atoms in total. The van der Waals surface area contributed by atoms with Crippen LogP contribution in [0, 0.1) is 11.8 Å². The molecule has 0 spiro atoms. The summed E-state index contributed by atoms with van der Waals surface area (Å²) in [4.78, 5) is 35.0. The largest absolute Gasteiger partial charge is 0.481 e. The molecule has 124 valence electrons. The first kappa shape index (κ1) is 17.0. The van der Waals surface area contributed by atoms with Gasteiger partial charge in [-0.05, 0) is 50.5 Å². The average molecular weight is 318 g/mol. The van der Waals surface area contributed by atoms with E-state index < -0.39 is 11.9 Å². The van der Waals surface area contributed by atoms with Crippen molar-refractivity contribution in [2.45, 2.75) is 32.6 Å². The standard InChI is InChI=1S/C17H22N2O4/c1-2-18-15(20)11-6-8-14(9-7-11)19-16(21)12-4-3-5-13(10-12)17(22)23/h6-9,12-13H,2-5,10H2,1H3,(H,18,20)(H,19,21)(H,22,23). The van der Waals surface area contributed by atoms with E-state index in [1.165, 1.54) is 0 Å². The average Bonchev–Trinajstić information content (AvgIpc) is 2.55. The van der Waals surface area contributed by atoms with Crippen LogP contribution in [0.1, 0.15) is 43.0 Å². The number of carbonyl (C=O) groups is 3.